The van der Waals surface area contributed by atoms with Crippen LogP contribution in [0.4, 0.5) is 4.79 Å². The first-order valence-corrected chi connectivity index (χ1v) is 9.93. The lowest BCUT2D eigenvalue weighted by atomic mass is 10.1. The minimum Gasteiger partial charge on any atom is -0.491 e. The number of nitrogens with one attached hydrogen (secondary N) is 1. The molecule has 4 N–H and O–H groups in total. The Morgan fingerprint density at radius 1 is 1.00 bits per heavy atom. The maximum Gasteiger partial charge on any atom is 0.290 e. The van der Waals surface area contributed by atoms with Gasteiger partial charge in [0.1, 0.15) is 30.8 Å². The molecule has 1 heterocycles. The molecule has 0 spiro atoms. The van der Waals surface area contributed by atoms with Gasteiger partial charge in [0, 0.05) is 0 Å². The van der Waals surface area contributed by atoms with E-state index in [-0.39, 0.29) is 18.5 Å². The van der Waals surface area contributed by atoms with Gasteiger partial charge in [0.05, 0.1) is 4.91 Å². The van der Waals surface area contributed by atoms with Gasteiger partial charge in [0.2, 0.25) is 0 Å². The smallest absolute Gasteiger partial charge is 0.290 e. The highest BCUT2D eigenvalue weighted by Crippen LogP contribution is 2.26. The van der Waals surface area contributed by atoms with E-state index < -0.39 is 12.0 Å². The first-order valence-electron chi connectivity index (χ1n) is 9.11. The Hall–Kier alpha value is -2.81. The lowest BCUT2D eigenvalue weighted by molar-refractivity contribution is -0.115. The van der Waals surface area contributed by atoms with E-state index in [0.29, 0.717) is 22.9 Å². The summed E-state index contributed by atoms with van der Waals surface area (Å²) in [5, 5.41) is 11.9. The molecule has 29 heavy (non-hydrogen) atoms. The van der Waals surface area contributed by atoms with E-state index in [2.05, 4.69) is 5.32 Å². The Morgan fingerprint density at radius 2 is 1.59 bits per heavy atom. The molecular formula is C21H22N2O5S. The average molecular weight is 414 g/mol. The van der Waals surface area contributed by atoms with Crippen molar-refractivity contribution < 1.29 is 24.2 Å². The van der Waals surface area contributed by atoms with E-state index in [1.165, 1.54) is 0 Å². The van der Waals surface area contributed by atoms with Gasteiger partial charge in [-0.25, -0.2) is 0 Å². The molecule has 1 fully saturated rings. The second-order valence-electron chi connectivity index (χ2n) is 6.38. The van der Waals surface area contributed by atoms with Crippen LogP contribution in [0, 0.1) is 0 Å². The van der Waals surface area contributed by atoms with Crippen LogP contribution in [0.2, 0.25) is 0 Å². The Morgan fingerprint density at radius 3 is 2.10 bits per heavy atom. The van der Waals surface area contributed by atoms with E-state index in [0.717, 1.165) is 29.3 Å². The van der Waals surface area contributed by atoms with Crippen molar-refractivity contribution in [1.82, 2.24) is 5.32 Å². The molecule has 7 nitrogen and oxygen atoms in total. The fraction of sp³-hybridized carbons (Fsp3) is 0.238. The zero-order chi connectivity index (χ0) is 20.6. The Bertz CT molecular complexity index is 881. The molecule has 2 aromatic carbocycles. The highest BCUT2D eigenvalue weighted by atomic mass is 32.2. The maximum absolute atomic E-state index is 11.6. The second-order valence-corrected chi connectivity index (χ2v) is 7.39. The fourth-order valence-corrected chi connectivity index (χ4v) is 3.27. The molecule has 1 aliphatic rings. The maximum atomic E-state index is 11.6. The molecule has 2 aromatic rings. The van der Waals surface area contributed by atoms with Crippen LogP contribution in [0.25, 0.3) is 6.08 Å². The number of imide groups is 1. The Balaban J connectivity index is 1.44. The predicted molar refractivity (Wildman–Crippen MR) is 112 cm³/mol. The molecule has 1 aliphatic heterocycles. The van der Waals surface area contributed by atoms with Crippen molar-refractivity contribution in [2.75, 3.05) is 19.8 Å². The SMILES string of the molecule is NCCc1ccc(OC[C@@H](O)COc2ccc(C=C3SC(=O)NC3=O)cc2)cc1. The Kier molecular flexibility index (Phi) is 7.29. The van der Waals surface area contributed by atoms with Gasteiger partial charge >= 0.3 is 0 Å². The molecule has 2 amide bonds. The zero-order valence-electron chi connectivity index (χ0n) is 15.7. The summed E-state index contributed by atoms with van der Waals surface area (Å²) >= 11 is 0.871. The fourth-order valence-electron chi connectivity index (χ4n) is 2.58. The molecule has 0 aliphatic carbocycles. The zero-order valence-corrected chi connectivity index (χ0v) is 16.5. The highest BCUT2D eigenvalue weighted by Gasteiger charge is 2.24. The standard InChI is InChI=1S/C21H22N2O5S/c22-10-9-14-1-5-17(6-2-14)27-12-16(24)13-28-18-7-3-15(4-8-18)11-19-20(25)23-21(26)29-19/h1-8,11,16,24H,9-10,12-13,22H2,(H,23,25,26)/t16-/m1/s1. The van der Waals surface area contributed by atoms with E-state index in [4.69, 9.17) is 15.2 Å². The molecule has 0 aromatic heterocycles. The number of amides is 2. The van der Waals surface area contributed by atoms with Crippen molar-refractivity contribution >= 4 is 29.0 Å². The molecule has 152 valence electrons. The largest absolute Gasteiger partial charge is 0.491 e. The van der Waals surface area contributed by atoms with Gasteiger partial charge in [-0.05, 0) is 66.2 Å². The lowest BCUT2D eigenvalue weighted by Crippen LogP contribution is -2.25. The molecule has 0 bridgehead atoms. The molecular weight excluding hydrogens is 392 g/mol. The summed E-state index contributed by atoms with van der Waals surface area (Å²) in [6, 6.07) is 14.6. The summed E-state index contributed by atoms with van der Waals surface area (Å²) in [6.45, 7) is 0.794. The number of hydrogen-bond donors (Lipinski definition) is 3. The summed E-state index contributed by atoms with van der Waals surface area (Å²) in [4.78, 5) is 23.1. The van der Waals surface area contributed by atoms with E-state index in [1.807, 2.05) is 24.3 Å². The topological polar surface area (TPSA) is 111 Å². The van der Waals surface area contributed by atoms with Crippen LogP contribution in [0.1, 0.15) is 11.1 Å². The second kappa shape index (κ2) is 10.1. The number of hydrogen-bond acceptors (Lipinski definition) is 7. The number of aliphatic hydroxyl groups excluding tert-OH is 1. The predicted octanol–water partition coefficient (Wildman–Crippen LogP) is 2.33. The number of benzene rings is 2. The highest BCUT2D eigenvalue weighted by molar-refractivity contribution is 8.18. The molecule has 0 saturated carbocycles. The van der Waals surface area contributed by atoms with Crippen molar-refractivity contribution in [2.45, 2.75) is 12.5 Å². The van der Waals surface area contributed by atoms with Crippen LogP contribution in [0.15, 0.2) is 53.4 Å². The summed E-state index contributed by atoms with van der Waals surface area (Å²) in [5.74, 6) is 0.865. The number of nitrogens with two attached hydrogens (primary N) is 1. The van der Waals surface area contributed by atoms with Gasteiger partial charge in [-0.3, -0.25) is 14.9 Å². The molecule has 1 atom stereocenters. The van der Waals surface area contributed by atoms with E-state index in [9.17, 15) is 14.7 Å². The quantitative estimate of drug-likeness (QED) is 0.540. The molecule has 0 radical (unpaired) electrons. The monoisotopic (exact) mass is 414 g/mol. The third-order valence-corrected chi connectivity index (χ3v) is 4.87. The van der Waals surface area contributed by atoms with Crippen molar-refractivity contribution in [2.24, 2.45) is 5.73 Å². The molecule has 8 heteroatoms. The lowest BCUT2D eigenvalue weighted by Gasteiger charge is -2.14. The summed E-state index contributed by atoms with van der Waals surface area (Å²) < 4.78 is 11.1. The number of thioether (sulfide) groups is 1. The normalized spacial score (nSPS) is 16.0. The van der Waals surface area contributed by atoms with Crippen molar-refractivity contribution in [1.29, 1.82) is 0 Å². The van der Waals surface area contributed by atoms with E-state index in [1.54, 1.807) is 30.3 Å². The van der Waals surface area contributed by atoms with Gasteiger partial charge in [-0.1, -0.05) is 24.3 Å². The third kappa shape index (κ3) is 6.35. The summed E-state index contributed by atoms with van der Waals surface area (Å²) in [5.41, 5.74) is 7.43. The van der Waals surface area contributed by atoms with Crippen molar-refractivity contribution in [3.05, 3.63) is 64.6 Å². The van der Waals surface area contributed by atoms with E-state index >= 15 is 0 Å². The average Bonchev–Trinajstić information content (AvgIpc) is 3.04. The molecule has 1 saturated heterocycles. The summed E-state index contributed by atoms with van der Waals surface area (Å²) in [6.07, 6.45) is 1.66. The minimum atomic E-state index is -0.787. The van der Waals surface area contributed by atoms with Gasteiger partial charge in [0.15, 0.2) is 0 Å². The minimum absolute atomic E-state index is 0.0818. The van der Waals surface area contributed by atoms with Crippen LogP contribution in [0.3, 0.4) is 0 Å². The van der Waals surface area contributed by atoms with Crippen LogP contribution in [-0.2, 0) is 11.2 Å². The molecule has 3 rings (SSSR count). The van der Waals surface area contributed by atoms with Crippen molar-refractivity contribution in [3.63, 3.8) is 0 Å². The van der Waals surface area contributed by atoms with Crippen LogP contribution in [-0.4, -0.2) is 42.1 Å². The van der Waals surface area contributed by atoms with Gasteiger partial charge in [0.25, 0.3) is 11.1 Å². The van der Waals surface area contributed by atoms with Gasteiger partial charge in [-0.2, -0.15) is 0 Å². The third-order valence-electron chi connectivity index (χ3n) is 4.06. The number of aliphatic hydroxyl groups is 1. The van der Waals surface area contributed by atoms with Crippen LogP contribution < -0.4 is 20.5 Å². The Labute approximate surface area is 172 Å². The van der Waals surface area contributed by atoms with Crippen LogP contribution in [0.5, 0.6) is 11.5 Å². The number of carbonyl (C=O) groups excluding carboxylic acids is 2. The summed E-state index contributed by atoms with van der Waals surface area (Å²) in [7, 11) is 0. The molecule has 0 unspecified atom stereocenters. The first kappa shape index (κ1) is 20.9. The van der Waals surface area contributed by atoms with Crippen LogP contribution >= 0.6 is 11.8 Å². The number of carbonyl (C=O) groups is 2. The number of ether oxygens (including phenoxy) is 2. The van der Waals surface area contributed by atoms with Crippen molar-refractivity contribution in [3.8, 4) is 11.5 Å². The first-order chi connectivity index (χ1) is 14.0. The number of rotatable bonds is 9. The van der Waals surface area contributed by atoms with Gasteiger partial charge < -0.3 is 20.3 Å². The van der Waals surface area contributed by atoms with Gasteiger partial charge in [-0.15, -0.1) is 0 Å².